The molecule has 1 saturated heterocycles. The summed E-state index contributed by atoms with van der Waals surface area (Å²) in [4.78, 5) is 4.85. The van der Waals surface area contributed by atoms with Crippen LogP contribution in [0.25, 0.3) is 0 Å². The Morgan fingerprint density at radius 2 is 1.68 bits per heavy atom. The van der Waals surface area contributed by atoms with E-state index in [0.717, 1.165) is 56.4 Å². The molecule has 1 fully saturated rings. The molecule has 0 spiro atoms. The highest BCUT2D eigenvalue weighted by Gasteiger charge is 2.24. The lowest BCUT2D eigenvalue weighted by atomic mass is 9.79. The Bertz CT molecular complexity index is 1200. The Balaban J connectivity index is 1.22. The van der Waals surface area contributed by atoms with E-state index >= 15 is 0 Å². The Labute approximate surface area is 228 Å². The summed E-state index contributed by atoms with van der Waals surface area (Å²) >= 11 is 0. The fraction of sp³-hybridized carbons (Fsp3) is 0.455. The molecule has 5 nitrogen and oxygen atoms in total. The van der Waals surface area contributed by atoms with Crippen LogP contribution in [-0.2, 0) is 19.4 Å². The lowest BCUT2D eigenvalue weighted by molar-refractivity contribution is 0.160. The highest BCUT2D eigenvalue weighted by atomic mass is 16.5. The second-order valence-corrected chi connectivity index (χ2v) is 11.2. The van der Waals surface area contributed by atoms with Crippen molar-refractivity contribution in [3.8, 4) is 17.2 Å². The summed E-state index contributed by atoms with van der Waals surface area (Å²) in [6, 6.07) is 20.9. The van der Waals surface area contributed by atoms with E-state index in [1.54, 1.807) is 7.11 Å². The van der Waals surface area contributed by atoms with Crippen LogP contribution in [0.2, 0.25) is 0 Å². The van der Waals surface area contributed by atoms with Crippen LogP contribution in [-0.4, -0.2) is 50.4 Å². The lowest BCUT2D eigenvalue weighted by Crippen LogP contribution is -2.35. The van der Waals surface area contributed by atoms with Gasteiger partial charge in [-0.1, -0.05) is 31.2 Å². The molecular formula is C33H42N2O3. The summed E-state index contributed by atoms with van der Waals surface area (Å²) in [6.45, 7) is 7.29. The summed E-state index contributed by atoms with van der Waals surface area (Å²) in [6.07, 6.45) is 5.66. The van der Waals surface area contributed by atoms with Gasteiger partial charge in [0.2, 0.25) is 0 Å². The van der Waals surface area contributed by atoms with Gasteiger partial charge < -0.3 is 19.5 Å². The molecule has 1 N–H and O–H groups in total. The van der Waals surface area contributed by atoms with Gasteiger partial charge in [0.25, 0.3) is 0 Å². The van der Waals surface area contributed by atoms with Crippen molar-refractivity contribution in [3.05, 3.63) is 82.9 Å². The van der Waals surface area contributed by atoms with Crippen LogP contribution >= 0.6 is 0 Å². The number of nitrogens with zero attached hydrogens (tertiary/aromatic N) is 2. The van der Waals surface area contributed by atoms with E-state index in [1.807, 2.05) is 12.1 Å². The van der Waals surface area contributed by atoms with E-state index < -0.39 is 0 Å². The normalized spacial score (nSPS) is 18.1. The number of rotatable bonds is 9. The Morgan fingerprint density at radius 3 is 2.45 bits per heavy atom. The first-order chi connectivity index (χ1) is 18.5. The number of hydrogen-bond acceptors (Lipinski definition) is 5. The molecular weight excluding hydrogens is 472 g/mol. The molecule has 3 aromatic rings. The molecule has 0 saturated carbocycles. The van der Waals surface area contributed by atoms with Crippen molar-refractivity contribution in [2.24, 2.45) is 5.92 Å². The van der Waals surface area contributed by atoms with E-state index in [4.69, 9.17) is 9.47 Å². The van der Waals surface area contributed by atoms with Crippen molar-refractivity contribution in [1.29, 1.82) is 0 Å². The first kappa shape index (κ1) is 26.4. The average molecular weight is 515 g/mol. The van der Waals surface area contributed by atoms with Gasteiger partial charge >= 0.3 is 0 Å². The summed E-state index contributed by atoms with van der Waals surface area (Å²) in [5.74, 6) is 3.48. The number of aryl methyl sites for hydroxylation is 1. The van der Waals surface area contributed by atoms with Gasteiger partial charge in [0, 0.05) is 31.9 Å². The Morgan fingerprint density at radius 1 is 0.921 bits per heavy atom. The third-order valence-electron chi connectivity index (χ3n) is 8.40. The highest BCUT2D eigenvalue weighted by Crippen LogP contribution is 2.39. The van der Waals surface area contributed by atoms with Gasteiger partial charge in [-0.15, -0.1) is 0 Å². The summed E-state index contributed by atoms with van der Waals surface area (Å²) in [7, 11) is 3.89. The van der Waals surface area contributed by atoms with Gasteiger partial charge in [0.1, 0.15) is 23.9 Å². The van der Waals surface area contributed by atoms with Gasteiger partial charge in [0.15, 0.2) is 0 Å². The average Bonchev–Trinajstić information content (AvgIpc) is 2.94. The molecule has 3 aromatic carbocycles. The molecule has 1 aliphatic carbocycles. The number of anilines is 1. The molecule has 202 valence electrons. The minimum absolute atomic E-state index is 0.361. The maximum absolute atomic E-state index is 9.88. The van der Waals surface area contributed by atoms with E-state index in [1.165, 1.54) is 53.9 Å². The summed E-state index contributed by atoms with van der Waals surface area (Å²) in [5, 5.41) is 9.88. The largest absolute Gasteiger partial charge is 0.508 e. The predicted molar refractivity (Wildman–Crippen MR) is 155 cm³/mol. The molecule has 2 aliphatic rings. The Hall–Kier alpha value is -3.18. The minimum Gasteiger partial charge on any atom is -0.508 e. The van der Waals surface area contributed by atoms with Crippen LogP contribution in [0.1, 0.15) is 54.4 Å². The number of phenols is 1. The highest BCUT2D eigenvalue weighted by molar-refractivity contribution is 5.59. The summed E-state index contributed by atoms with van der Waals surface area (Å²) in [5.41, 5.74) is 6.45. The van der Waals surface area contributed by atoms with Crippen molar-refractivity contribution >= 4 is 5.69 Å². The third kappa shape index (κ3) is 6.44. The first-order valence-corrected chi connectivity index (χ1v) is 14.1. The fourth-order valence-corrected chi connectivity index (χ4v) is 5.96. The van der Waals surface area contributed by atoms with Crippen molar-refractivity contribution < 1.29 is 14.6 Å². The smallest absolute Gasteiger partial charge is 0.120 e. The maximum Gasteiger partial charge on any atom is 0.120 e. The molecule has 38 heavy (non-hydrogen) atoms. The molecule has 0 bridgehead atoms. The van der Waals surface area contributed by atoms with Crippen LogP contribution in [0.4, 0.5) is 5.69 Å². The van der Waals surface area contributed by atoms with E-state index in [0.29, 0.717) is 11.7 Å². The zero-order chi connectivity index (χ0) is 26.5. The second kappa shape index (κ2) is 12.1. The quantitative estimate of drug-likeness (QED) is 0.357. The number of aromatic hydroxyl groups is 1. The topological polar surface area (TPSA) is 45.2 Å². The van der Waals surface area contributed by atoms with Gasteiger partial charge in [-0.25, -0.2) is 0 Å². The SMILES string of the molecule is COc1ccc(C2CCc3cc(O)ccc3C2)c(N(C)Cc2ccc(OCCN3CCC(C)CC3)cc2)c1. The monoisotopic (exact) mass is 514 g/mol. The molecule has 5 rings (SSSR count). The van der Waals surface area contributed by atoms with Crippen molar-refractivity contribution in [1.82, 2.24) is 4.90 Å². The molecule has 0 radical (unpaired) electrons. The number of piperidine rings is 1. The van der Waals surface area contributed by atoms with E-state index in [2.05, 4.69) is 72.3 Å². The molecule has 1 unspecified atom stereocenters. The summed E-state index contributed by atoms with van der Waals surface area (Å²) < 4.78 is 11.7. The van der Waals surface area contributed by atoms with Gasteiger partial charge in [-0.2, -0.15) is 0 Å². The molecule has 1 heterocycles. The number of ether oxygens (including phenoxy) is 2. The Kier molecular flexibility index (Phi) is 8.43. The third-order valence-corrected chi connectivity index (χ3v) is 8.40. The number of phenolic OH excluding ortho intramolecular Hbond substituents is 1. The van der Waals surface area contributed by atoms with Gasteiger partial charge in [-0.3, -0.25) is 4.90 Å². The molecule has 1 atom stereocenters. The maximum atomic E-state index is 9.88. The minimum atomic E-state index is 0.361. The molecule has 0 amide bonds. The van der Waals surface area contributed by atoms with Crippen LogP contribution in [0.3, 0.4) is 0 Å². The molecule has 1 aliphatic heterocycles. The van der Waals surface area contributed by atoms with Crippen LogP contribution in [0.5, 0.6) is 17.2 Å². The van der Waals surface area contributed by atoms with Crippen LogP contribution in [0, 0.1) is 5.92 Å². The zero-order valence-electron chi connectivity index (χ0n) is 23.2. The van der Waals surface area contributed by atoms with Gasteiger partial charge in [-0.05, 0) is 110 Å². The van der Waals surface area contributed by atoms with Crippen molar-refractivity contribution in [2.75, 3.05) is 45.3 Å². The standard InChI is InChI=1S/C33H42N2O3/c1-24-14-16-35(17-15-24)18-19-38-30-10-4-25(5-11-30)23-34(2)33-22-31(37-3)12-13-32(33)28-7-6-27-21-29(36)9-8-26(27)20-28/h4-5,8-13,21-22,24,28,36H,6-7,14-20,23H2,1-3H3. The zero-order valence-corrected chi connectivity index (χ0v) is 23.2. The molecule has 5 heteroatoms. The van der Waals surface area contributed by atoms with E-state index in [9.17, 15) is 5.11 Å². The second-order valence-electron chi connectivity index (χ2n) is 11.2. The lowest BCUT2D eigenvalue weighted by Gasteiger charge is -2.30. The number of fused-ring (bicyclic) bond motifs is 1. The number of benzene rings is 3. The van der Waals surface area contributed by atoms with E-state index in [-0.39, 0.29) is 0 Å². The first-order valence-electron chi connectivity index (χ1n) is 14.1. The van der Waals surface area contributed by atoms with Crippen LogP contribution < -0.4 is 14.4 Å². The van der Waals surface area contributed by atoms with Crippen molar-refractivity contribution in [2.45, 2.75) is 51.5 Å². The number of likely N-dealkylation sites (tertiary alicyclic amines) is 1. The number of hydrogen-bond donors (Lipinski definition) is 1. The fourth-order valence-electron chi connectivity index (χ4n) is 5.96. The number of methoxy groups -OCH3 is 1. The van der Waals surface area contributed by atoms with Crippen LogP contribution in [0.15, 0.2) is 60.7 Å². The van der Waals surface area contributed by atoms with Crippen molar-refractivity contribution in [3.63, 3.8) is 0 Å². The predicted octanol–water partition coefficient (Wildman–Crippen LogP) is 6.42. The van der Waals surface area contributed by atoms with Gasteiger partial charge in [0.05, 0.1) is 7.11 Å². The molecule has 0 aromatic heterocycles.